The van der Waals surface area contributed by atoms with Gasteiger partial charge in [0.25, 0.3) is 0 Å². The maximum absolute atomic E-state index is 11.5. The molecule has 0 spiro atoms. The van der Waals surface area contributed by atoms with Gasteiger partial charge >= 0.3 is 5.97 Å². The lowest BCUT2D eigenvalue weighted by Crippen LogP contribution is -2.04. The number of Topliss-reactive ketones (excluding diaryl/α,β-unsaturated/α-hetero) is 1. The Morgan fingerprint density at radius 3 is 2.65 bits per heavy atom. The van der Waals surface area contributed by atoms with Crippen LogP contribution in [0.4, 0.5) is 0 Å². The van der Waals surface area contributed by atoms with Crippen molar-refractivity contribution in [3.05, 3.63) is 23.3 Å². The molecule has 0 saturated carbocycles. The summed E-state index contributed by atoms with van der Waals surface area (Å²) in [5.41, 5.74) is 0.684. The Morgan fingerprint density at radius 2 is 2.12 bits per heavy atom. The van der Waals surface area contributed by atoms with Crippen LogP contribution in [0.15, 0.2) is 23.3 Å². The molecule has 0 heterocycles. The van der Waals surface area contributed by atoms with E-state index in [1.807, 2.05) is 0 Å². The van der Waals surface area contributed by atoms with E-state index in [9.17, 15) is 19.5 Å². The minimum absolute atomic E-state index is 0.0352. The molecule has 0 aromatic rings. The average Bonchev–Trinajstić information content (AvgIpc) is 2.47. The first-order valence-electron chi connectivity index (χ1n) is 5.26. The van der Waals surface area contributed by atoms with E-state index in [4.69, 9.17) is 5.11 Å². The minimum atomic E-state index is -0.999. The van der Waals surface area contributed by atoms with Crippen LogP contribution in [0.5, 0.6) is 0 Å². The topological polar surface area (TPSA) is 91.7 Å². The number of carbonyl (C=O) groups excluding carboxylic acids is 2. The number of aliphatic hydroxyl groups excluding tert-OH is 1. The molecule has 0 aromatic heterocycles. The van der Waals surface area contributed by atoms with Crippen LogP contribution < -0.4 is 0 Å². The van der Waals surface area contributed by atoms with E-state index < -0.39 is 12.1 Å². The number of aliphatic carboxylic acids is 1. The van der Waals surface area contributed by atoms with E-state index in [-0.39, 0.29) is 30.8 Å². The predicted molar refractivity (Wildman–Crippen MR) is 59.3 cm³/mol. The first-order valence-corrected chi connectivity index (χ1v) is 5.26. The number of ketones is 2. The van der Waals surface area contributed by atoms with Gasteiger partial charge in [-0.2, -0.15) is 0 Å². The lowest BCUT2D eigenvalue weighted by molar-refractivity contribution is -0.137. The van der Waals surface area contributed by atoms with Crippen molar-refractivity contribution in [2.24, 2.45) is 0 Å². The smallest absolute Gasteiger partial charge is 0.303 e. The van der Waals surface area contributed by atoms with Crippen LogP contribution in [0.1, 0.15) is 26.2 Å². The quantitative estimate of drug-likeness (QED) is 0.685. The molecule has 1 atom stereocenters. The molecule has 0 fully saturated rings. The van der Waals surface area contributed by atoms with Crippen molar-refractivity contribution in [2.75, 3.05) is 0 Å². The molecular formula is C12H14O5. The van der Waals surface area contributed by atoms with Gasteiger partial charge in [0.2, 0.25) is 0 Å². The molecule has 1 unspecified atom stereocenters. The molecule has 1 rings (SSSR count). The first kappa shape index (κ1) is 13.3. The fraction of sp³-hybridized carbons (Fsp3) is 0.417. The third-order valence-corrected chi connectivity index (χ3v) is 2.51. The van der Waals surface area contributed by atoms with Crippen molar-refractivity contribution in [2.45, 2.75) is 32.3 Å². The Bertz CT molecular complexity index is 417. The van der Waals surface area contributed by atoms with E-state index in [0.717, 1.165) is 0 Å². The van der Waals surface area contributed by atoms with E-state index in [2.05, 4.69) is 0 Å². The third kappa shape index (κ3) is 3.64. The Hall–Kier alpha value is -1.75. The van der Waals surface area contributed by atoms with Gasteiger partial charge in [0.1, 0.15) is 0 Å². The highest BCUT2D eigenvalue weighted by Crippen LogP contribution is 2.27. The summed E-state index contributed by atoms with van der Waals surface area (Å²) in [5, 5.41) is 18.2. The molecule has 0 aromatic carbocycles. The van der Waals surface area contributed by atoms with E-state index in [0.29, 0.717) is 11.1 Å². The second kappa shape index (κ2) is 5.54. The number of hydrogen-bond acceptors (Lipinski definition) is 4. The molecule has 0 bridgehead atoms. The fourth-order valence-corrected chi connectivity index (χ4v) is 1.71. The largest absolute Gasteiger partial charge is 0.481 e. The van der Waals surface area contributed by atoms with Crippen LogP contribution in [-0.2, 0) is 14.4 Å². The zero-order chi connectivity index (χ0) is 13.0. The monoisotopic (exact) mass is 238 g/mol. The number of hydrogen-bond donors (Lipinski definition) is 2. The van der Waals surface area contributed by atoms with Crippen molar-refractivity contribution >= 4 is 17.5 Å². The van der Waals surface area contributed by atoms with Gasteiger partial charge in [-0.15, -0.1) is 0 Å². The van der Waals surface area contributed by atoms with Crippen molar-refractivity contribution in [1.29, 1.82) is 0 Å². The number of carbonyl (C=O) groups is 3. The molecule has 0 aliphatic heterocycles. The molecule has 17 heavy (non-hydrogen) atoms. The van der Waals surface area contributed by atoms with Crippen molar-refractivity contribution in [1.82, 2.24) is 0 Å². The van der Waals surface area contributed by atoms with Crippen molar-refractivity contribution in [3.63, 3.8) is 0 Å². The highest BCUT2D eigenvalue weighted by Gasteiger charge is 2.29. The number of rotatable bonds is 5. The van der Waals surface area contributed by atoms with Crippen molar-refractivity contribution in [3.8, 4) is 0 Å². The van der Waals surface area contributed by atoms with Gasteiger partial charge in [-0.3, -0.25) is 14.4 Å². The van der Waals surface area contributed by atoms with Crippen LogP contribution >= 0.6 is 0 Å². The summed E-state index contributed by atoms with van der Waals surface area (Å²) in [6.07, 6.45) is 1.62. The summed E-state index contributed by atoms with van der Waals surface area (Å²) in [4.78, 5) is 32.8. The molecule has 1 aliphatic carbocycles. The molecular weight excluding hydrogens is 224 g/mol. The normalized spacial score (nSPS) is 20.4. The van der Waals surface area contributed by atoms with Crippen LogP contribution in [0.2, 0.25) is 0 Å². The van der Waals surface area contributed by atoms with Crippen LogP contribution in [0.3, 0.4) is 0 Å². The Balaban J connectivity index is 2.92. The molecule has 5 heteroatoms. The standard InChI is InChI=1S/C12H14O5/c1-7(13)2-3-8-9(4-5-12(16)17)11(15)6-10(8)14/h2-3,10,14H,4-6H2,1H3,(H,16,17). The average molecular weight is 238 g/mol. The van der Waals surface area contributed by atoms with E-state index in [1.165, 1.54) is 19.1 Å². The highest BCUT2D eigenvalue weighted by atomic mass is 16.4. The lowest BCUT2D eigenvalue weighted by Gasteiger charge is -2.03. The van der Waals surface area contributed by atoms with E-state index in [1.54, 1.807) is 0 Å². The molecule has 5 nitrogen and oxygen atoms in total. The Morgan fingerprint density at radius 1 is 1.47 bits per heavy atom. The van der Waals surface area contributed by atoms with Gasteiger partial charge in [0.15, 0.2) is 11.6 Å². The Kier molecular flexibility index (Phi) is 4.34. The summed E-state index contributed by atoms with van der Waals surface area (Å²) in [6, 6.07) is 0. The van der Waals surface area contributed by atoms with Gasteiger partial charge < -0.3 is 10.2 Å². The maximum Gasteiger partial charge on any atom is 0.303 e. The molecule has 1 aliphatic rings. The second-order valence-electron chi connectivity index (χ2n) is 3.91. The van der Waals surface area contributed by atoms with Crippen LogP contribution in [0.25, 0.3) is 0 Å². The molecule has 2 N–H and O–H groups in total. The Labute approximate surface area is 98.4 Å². The third-order valence-electron chi connectivity index (χ3n) is 2.51. The summed E-state index contributed by atoms with van der Waals surface area (Å²) in [5.74, 6) is -1.44. The van der Waals surface area contributed by atoms with Gasteiger partial charge in [-0.05, 0) is 25.0 Å². The highest BCUT2D eigenvalue weighted by molar-refractivity contribution is 6.01. The summed E-state index contributed by atoms with van der Waals surface area (Å²) in [7, 11) is 0. The van der Waals surface area contributed by atoms with Gasteiger partial charge in [-0.1, -0.05) is 6.08 Å². The van der Waals surface area contributed by atoms with Crippen LogP contribution in [-0.4, -0.2) is 33.9 Å². The number of carboxylic acids is 1. The maximum atomic E-state index is 11.5. The zero-order valence-corrected chi connectivity index (χ0v) is 9.47. The number of carboxylic acid groups (broad SMARTS) is 1. The van der Waals surface area contributed by atoms with Gasteiger partial charge in [-0.25, -0.2) is 0 Å². The minimum Gasteiger partial charge on any atom is -0.481 e. The second-order valence-corrected chi connectivity index (χ2v) is 3.91. The molecule has 0 amide bonds. The summed E-state index contributed by atoms with van der Waals surface area (Å²) >= 11 is 0. The number of aliphatic hydroxyl groups is 1. The SMILES string of the molecule is CC(=O)C=CC1=C(CCC(=O)O)C(=O)CC1O. The predicted octanol–water partition coefficient (Wildman–Crippen LogP) is 0.627. The van der Waals surface area contributed by atoms with Gasteiger partial charge in [0.05, 0.1) is 6.10 Å². The first-order chi connectivity index (χ1) is 7.91. The van der Waals surface area contributed by atoms with Crippen molar-refractivity contribution < 1.29 is 24.6 Å². The van der Waals surface area contributed by atoms with Gasteiger partial charge in [0, 0.05) is 18.4 Å². The van der Waals surface area contributed by atoms with Crippen LogP contribution in [0, 0.1) is 0 Å². The molecule has 92 valence electrons. The number of allylic oxidation sites excluding steroid dienone is 2. The summed E-state index contributed by atoms with van der Waals surface area (Å²) in [6.45, 7) is 1.36. The molecule has 0 saturated heterocycles. The molecule has 0 radical (unpaired) electrons. The summed E-state index contributed by atoms with van der Waals surface area (Å²) < 4.78 is 0. The zero-order valence-electron chi connectivity index (χ0n) is 9.47. The lowest BCUT2D eigenvalue weighted by atomic mass is 10.0. The van der Waals surface area contributed by atoms with E-state index >= 15 is 0 Å². The fourth-order valence-electron chi connectivity index (χ4n) is 1.71.